The SMILES string of the molecule is CC1c2ccsc2CCN1c1ccc(C(=N)N)cc1Br. The number of hydrogen-bond donors (Lipinski definition) is 2. The molecule has 0 saturated carbocycles. The van der Waals surface area contributed by atoms with Crippen LogP contribution in [-0.2, 0) is 6.42 Å². The Kier molecular flexibility index (Phi) is 3.56. The fourth-order valence-corrected chi connectivity index (χ4v) is 4.32. The average Bonchev–Trinajstić information content (AvgIpc) is 2.89. The molecule has 2 heterocycles. The third-order valence-electron chi connectivity index (χ3n) is 3.85. The van der Waals surface area contributed by atoms with E-state index in [0.717, 1.165) is 23.0 Å². The minimum atomic E-state index is 0.101. The quantitative estimate of drug-likeness (QED) is 0.637. The number of nitrogens with zero attached hydrogens (tertiary/aromatic N) is 1. The largest absolute Gasteiger partial charge is 0.384 e. The minimum Gasteiger partial charge on any atom is -0.384 e. The molecule has 0 bridgehead atoms. The molecule has 3 rings (SSSR count). The number of hydrogen-bond acceptors (Lipinski definition) is 3. The number of nitrogen functional groups attached to an aromatic ring is 1. The van der Waals surface area contributed by atoms with Gasteiger partial charge in [0.1, 0.15) is 5.84 Å². The van der Waals surface area contributed by atoms with Crippen LogP contribution in [-0.4, -0.2) is 12.4 Å². The number of rotatable bonds is 2. The predicted octanol–water partition coefficient (Wildman–Crippen LogP) is 3.92. The van der Waals surface area contributed by atoms with Gasteiger partial charge < -0.3 is 10.6 Å². The van der Waals surface area contributed by atoms with Crippen molar-refractivity contribution in [3.8, 4) is 0 Å². The van der Waals surface area contributed by atoms with Crippen LogP contribution in [0, 0.1) is 5.41 Å². The molecule has 5 heteroatoms. The summed E-state index contributed by atoms with van der Waals surface area (Å²) in [6.07, 6.45) is 1.10. The van der Waals surface area contributed by atoms with Crippen LogP contribution in [0.3, 0.4) is 0 Å². The first-order valence-electron chi connectivity index (χ1n) is 6.55. The van der Waals surface area contributed by atoms with Crippen molar-refractivity contribution in [3.05, 3.63) is 50.1 Å². The summed E-state index contributed by atoms with van der Waals surface area (Å²) in [6, 6.07) is 8.50. The summed E-state index contributed by atoms with van der Waals surface area (Å²) in [5.41, 5.74) is 8.89. The van der Waals surface area contributed by atoms with E-state index in [4.69, 9.17) is 11.1 Å². The van der Waals surface area contributed by atoms with Crippen molar-refractivity contribution >= 4 is 38.8 Å². The van der Waals surface area contributed by atoms with Gasteiger partial charge in [0.15, 0.2) is 0 Å². The Bertz CT molecular complexity index is 665. The van der Waals surface area contributed by atoms with Gasteiger partial charge in [-0.15, -0.1) is 11.3 Å². The van der Waals surface area contributed by atoms with Gasteiger partial charge in [-0.3, -0.25) is 5.41 Å². The van der Waals surface area contributed by atoms with Crippen LogP contribution in [0.15, 0.2) is 34.1 Å². The summed E-state index contributed by atoms with van der Waals surface area (Å²) in [5.74, 6) is 0.101. The van der Waals surface area contributed by atoms with Crippen LogP contribution < -0.4 is 10.6 Å². The Morgan fingerprint density at radius 1 is 1.45 bits per heavy atom. The fourth-order valence-electron chi connectivity index (χ4n) is 2.75. The van der Waals surface area contributed by atoms with Crippen molar-refractivity contribution in [3.63, 3.8) is 0 Å². The smallest absolute Gasteiger partial charge is 0.122 e. The Morgan fingerprint density at radius 2 is 2.25 bits per heavy atom. The third kappa shape index (κ3) is 2.25. The first-order valence-corrected chi connectivity index (χ1v) is 8.22. The number of benzene rings is 1. The van der Waals surface area contributed by atoms with E-state index in [-0.39, 0.29) is 5.84 Å². The van der Waals surface area contributed by atoms with Gasteiger partial charge in [-0.2, -0.15) is 0 Å². The van der Waals surface area contributed by atoms with Crippen LogP contribution in [0.2, 0.25) is 0 Å². The maximum Gasteiger partial charge on any atom is 0.122 e. The maximum absolute atomic E-state index is 7.51. The van der Waals surface area contributed by atoms with Gasteiger partial charge in [-0.05, 0) is 64.5 Å². The highest BCUT2D eigenvalue weighted by atomic mass is 79.9. The summed E-state index contributed by atoms with van der Waals surface area (Å²) in [4.78, 5) is 3.91. The Hall–Kier alpha value is -1.33. The topological polar surface area (TPSA) is 53.1 Å². The molecule has 104 valence electrons. The molecule has 20 heavy (non-hydrogen) atoms. The molecule has 0 radical (unpaired) electrons. The van der Waals surface area contributed by atoms with Crippen molar-refractivity contribution in [2.45, 2.75) is 19.4 Å². The molecule has 3 N–H and O–H groups in total. The number of nitrogens with one attached hydrogen (secondary N) is 1. The highest BCUT2D eigenvalue weighted by Gasteiger charge is 2.26. The fraction of sp³-hybridized carbons (Fsp3) is 0.267. The zero-order valence-corrected chi connectivity index (χ0v) is 13.6. The third-order valence-corrected chi connectivity index (χ3v) is 5.48. The maximum atomic E-state index is 7.51. The normalized spacial score (nSPS) is 17.9. The molecule has 1 aliphatic heterocycles. The summed E-state index contributed by atoms with van der Waals surface area (Å²) in [7, 11) is 0. The second kappa shape index (κ2) is 5.22. The molecular formula is C15H16BrN3S. The second-order valence-electron chi connectivity index (χ2n) is 5.00. The lowest BCUT2D eigenvalue weighted by molar-refractivity contribution is 0.632. The van der Waals surface area contributed by atoms with E-state index >= 15 is 0 Å². The highest BCUT2D eigenvalue weighted by molar-refractivity contribution is 9.10. The molecule has 0 aliphatic carbocycles. The van der Waals surface area contributed by atoms with Gasteiger partial charge >= 0.3 is 0 Å². The molecule has 1 aromatic carbocycles. The number of anilines is 1. The predicted molar refractivity (Wildman–Crippen MR) is 88.9 cm³/mol. The van der Waals surface area contributed by atoms with Gasteiger partial charge in [0.05, 0.1) is 11.7 Å². The second-order valence-corrected chi connectivity index (χ2v) is 6.85. The van der Waals surface area contributed by atoms with Crippen molar-refractivity contribution in [2.24, 2.45) is 5.73 Å². The first kappa shape index (κ1) is 13.6. The standard InChI is InChI=1S/C15H16BrN3S/c1-9-11-5-7-20-14(11)4-6-19(9)13-3-2-10(15(17)18)8-12(13)16/h2-3,5,7-9H,4,6H2,1H3,(H3,17,18). The van der Waals surface area contributed by atoms with Gasteiger partial charge in [0.25, 0.3) is 0 Å². The zero-order valence-electron chi connectivity index (χ0n) is 11.2. The molecule has 1 aliphatic rings. The average molecular weight is 350 g/mol. The van der Waals surface area contributed by atoms with E-state index in [9.17, 15) is 0 Å². The number of amidine groups is 1. The summed E-state index contributed by atoms with van der Waals surface area (Å²) >= 11 is 5.47. The highest BCUT2D eigenvalue weighted by Crippen LogP contribution is 2.39. The van der Waals surface area contributed by atoms with E-state index in [1.54, 1.807) is 0 Å². The molecule has 1 unspecified atom stereocenters. The van der Waals surface area contributed by atoms with Crippen molar-refractivity contribution < 1.29 is 0 Å². The lowest BCUT2D eigenvalue weighted by atomic mass is 10.0. The molecular weight excluding hydrogens is 334 g/mol. The van der Waals surface area contributed by atoms with Crippen LogP contribution in [0.1, 0.15) is 29.0 Å². The molecule has 0 saturated heterocycles. The molecule has 0 spiro atoms. The van der Waals surface area contributed by atoms with E-state index in [1.165, 1.54) is 16.1 Å². The molecule has 2 aromatic rings. The van der Waals surface area contributed by atoms with Gasteiger partial charge in [-0.25, -0.2) is 0 Å². The number of nitrogens with two attached hydrogens (primary N) is 1. The van der Waals surface area contributed by atoms with Crippen LogP contribution in [0.25, 0.3) is 0 Å². The molecule has 0 amide bonds. The summed E-state index contributed by atoms with van der Waals surface area (Å²) < 4.78 is 0.996. The number of halogens is 1. The Morgan fingerprint density at radius 3 is 2.95 bits per heavy atom. The number of thiophene rings is 1. The van der Waals surface area contributed by atoms with Crippen LogP contribution in [0.5, 0.6) is 0 Å². The lowest BCUT2D eigenvalue weighted by Crippen LogP contribution is -2.33. The summed E-state index contributed by atoms with van der Waals surface area (Å²) in [6.45, 7) is 3.27. The van der Waals surface area contributed by atoms with Gasteiger partial charge in [-0.1, -0.05) is 0 Å². The first-order chi connectivity index (χ1) is 9.58. The molecule has 0 fully saturated rings. The Balaban J connectivity index is 1.96. The van der Waals surface area contributed by atoms with Crippen molar-refractivity contribution in [2.75, 3.05) is 11.4 Å². The monoisotopic (exact) mass is 349 g/mol. The Labute approximate surface area is 131 Å². The molecule has 3 nitrogen and oxygen atoms in total. The van der Waals surface area contributed by atoms with E-state index in [1.807, 2.05) is 23.5 Å². The van der Waals surface area contributed by atoms with E-state index in [2.05, 4.69) is 45.3 Å². The summed E-state index contributed by atoms with van der Waals surface area (Å²) in [5, 5.41) is 9.69. The van der Waals surface area contributed by atoms with Crippen LogP contribution >= 0.6 is 27.3 Å². The van der Waals surface area contributed by atoms with Crippen LogP contribution in [0.4, 0.5) is 5.69 Å². The van der Waals surface area contributed by atoms with Crippen molar-refractivity contribution in [1.29, 1.82) is 5.41 Å². The zero-order chi connectivity index (χ0) is 14.3. The minimum absolute atomic E-state index is 0.101. The van der Waals surface area contributed by atoms with E-state index < -0.39 is 0 Å². The lowest BCUT2D eigenvalue weighted by Gasteiger charge is -2.36. The van der Waals surface area contributed by atoms with E-state index in [0.29, 0.717) is 6.04 Å². The molecule has 1 atom stereocenters. The van der Waals surface area contributed by atoms with Gasteiger partial charge in [0.2, 0.25) is 0 Å². The molecule has 1 aromatic heterocycles. The number of fused-ring (bicyclic) bond motifs is 1. The van der Waals surface area contributed by atoms with Gasteiger partial charge in [0, 0.05) is 21.5 Å². The van der Waals surface area contributed by atoms with Crippen molar-refractivity contribution in [1.82, 2.24) is 0 Å².